The Bertz CT molecular complexity index is 2040. The monoisotopic (exact) mass is 657 g/mol. The van der Waals surface area contributed by atoms with Crippen molar-refractivity contribution < 1.29 is 23.7 Å². The first-order chi connectivity index (χ1) is 22.1. The molecule has 1 aliphatic heterocycles. The molecule has 4 aromatic rings. The number of halogens is 1. The fourth-order valence-electron chi connectivity index (χ4n) is 5.05. The van der Waals surface area contributed by atoms with Crippen molar-refractivity contribution in [1.29, 1.82) is 5.26 Å². The third-order valence-corrected chi connectivity index (χ3v) is 8.34. The summed E-state index contributed by atoms with van der Waals surface area (Å²) >= 11 is 7.57. The van der Waals surface area contributed by atoms with E-state index in [1.807, 2.05) is 32.0 Å². The molecule has 236 valence electrons. The zero-order chi connectivity index (χ0) is 33.0. The number of methoxy groups -OCH3 is 1. The summed E-state index contributed by atoms with van der Waals surface area (Å²) in [4.78, 5) is 32.6. The van der Waals surface area contributed by atoms with Gasteiger partial charge in [-0.05, 0) is 87.4 Å². The summed E-state index contributed by atoms with van der Waals surface area (Å²) in [6, 6.07) is 18.9. The molecular formula is C35H32ClN3O6S. The van der Waals surface area contributed by atoms with Crippen molar-refractivity contribution in [3.63, 3.8) is 0 Å². The molecule has 2 heterocycles. The quantitative estimate of drug-likeness (QED) is 0.201. The second-order valence-corrected chi connectivity index (χ2v) is 12.1. The lowest BCUT2D eigenvalue weighted by atomic mass is 9.95. The number of carbonyl (C=O) groups is 1. The third-order valence-electron chi connectivity index (χ3n) is 7.12. The van der Waals surface area contributed by atoms with E-state index in [-0.39, 0.29) is 30.5 Å². The van der Waals surface area contributed by atoms with Gasteiger partial charge in [-0.2, -0.15) is 5.26 Å². The van der Waals surface area contributed by atoms with E-state index in [9.17, 15) is 9.59 Å². The number of ether oxygens (including phenoxy) is 4. The molecule has 46 heavy (non-hydrogen) atoms. The van der Waals surface area contributed by atoms with Crippen LogP contribution in [0.2, 0.25) is 5.02 Å². The highest BCUT2D eigenvalue weighted by molar-refractivity contribution is 7.07. The first-order valence-electron chi connectivity index (χ1n) is 14.6. The van der Waals surface area contributed by atoms with Crippen LogP contribution in [0.25, 0.3) is 6.08 Å². The van der Waals surface area contributed by atoms with E-state index in [0.717, 1.165) is 5.56 Å². The summed E-state index contributed by atoms with van der Waals surface area (Å²) in [6.45, 7) is 7.70. The molecule has 0 spiro atoms. The first-order valence-corrected chi connectivity index (χ1v) is 15.8. The largest absolute Gasteiger partial charge is 0.493 e. The average molecular weight is 658 g/mol. The highest BCUT2D eigenvalue weighted by Gasteiger charge is 2.34. The number of benzene rings is 3. The van der Waals surface area contributed by atoms with Crippen LogP contribution in [0.5, 0.6) is 17.2 Å². The maximum Gasteiger partial charge on any atom is 0.338 e. The summed E-state index contributed by atoms with van der Waals surface area (Å²) in [5.74, 6) is 0.971. The van der Waals surface area contributed by atoms with Crippen LogP contribution in [0.1, 0.15) is 56.0 Å². The number of fused-ring (bicyclic) bond motifs is 1. The van der Waals surface area contributed by atoms with Gasteiger partial charge in [0.05, 0.1) is 53.3 Å². The standard InChI is InChI=1S/C35H32ClN3O6S/c1-6-43-34(41)31-21(4)38-35-39(32(31)24-11-13-28(45-20(2)3)29(16-24)42-5)33(40)30(46-35)17-25-15-26(36)12-14-27(25)44-19-23-9-7-22(18-37)8-10-23/h7-17,20,32H,6,19H2,1-5H3/b30-17+/t32-/m0/s1. The van der Waals surface area contributed by atoms with Gasteiger partial charge in [0.15, 0.2) is 16.3 Å². The number of carbonyl (C=O) groups excluding carboxylic acids is 1. The van der Waals surface area contributed by atoms with Gasteiger partial charge < -0.3 is 18.9 Å². The van der Waals surface area contributed by atoms with Crippen molar-refractivity contribution in [3.8, 4) is 23.3 Å². The minimum Gasteiger partial charge on any atom is -0.493 e. The molecule has 9 nitrogen and oxygen atoms in total. The van der Waals surface area contributed by atoms with Crippen LogP contribution in [-0.4, -0.2) is 30.4 Å². The number of aromatic nitrogens is 1. The Kier molecular flexibility index (Phi) is 9.95. The minimum atomic E-state index is -0.828. The van der Waals surface area contributed by atoms with Gasteiger partial charge in [0, 0.05) is 10.6 Å². The van der Waals surface area contributed by atoms with Crippen molar-refractivity contribution in [1.82, 2.24) is 4.57 Å². The van der Waals surface area contributed by atoms with E-state index in [1.54, 1.807) is 62.4 Å². The second kappa shape index (κ2) is 14.1. The minimum absolute atomic E-state index is 0.0841. The van der Waals surface area contributed by atoms with Crippen molar-refractivity contribution in [3.05, 3.63) is 119 Å². The summed E-state index contributed by atoms with van der Waals surface area (Å²) in [5, 5.41) is 9.55. The number of esters is 1. The number of hydrogen-bond donors (Lipinski definition) is 0. The predicted molar refractivity (Wildman–Crippen MR) is 176 cm³/mol. The Morgan fingerprint density at radius 2 is 1.85 bits per heavy atom. The van der Waals surface area contributed by atoms with Gasteiger partial charge in [0.2, 0.25) is 0 Å². The lowest BCUT2D eigenvalue weighted by Gasteiger charge is -2.25. The lowest BCUT2D eigenvalue weighted by molar-refractivity contribution is -0.139. The first kappa shape index (κ1) is 32.5. The Morgan fingerprint density at radius 3 is 2.52 bits per heavy atom. The molecule has 0 amide bonds. The Balaban J connectivity index is 1.62. The van der Waals surface area contributed by atoms with E-state index in [2.05, 4.69) is 11.1 Å². The number of hydrogen-bond acceptors (Lipinski definition) is 9. The van der Waals surface area contributed by atoms with E-state index in [4.69, 9.17) is 35.8 Å². The second-order valence-electron chi connectivity index (χ2n) is 10.7. The summed E-state index contributed by atoms with van der Waals surface area (Å²) in [7, 11) is 1.54. The van der Waals surface area contributed by atoms with E-state index in [1.165, 1.54) is 23.0 Å². The van der Waals surface area contributed by atoms with Crippen LogP contribution < -0.4 is 29.1 Å². The Hall–Kier alpha value is -4.85. The maximum atomic E-state index is 14.2. The van der Waals surface area contributed by atoms with Crippen LogP contribution >= 0.6 is 22.9 Å². The molecule has 0 saturated heterocycles. The molecule has 11 heteroatoms. The van der Waals surface area contributed by atoms with Gasteiger partial charge in [0.25, 0.3) is 5.56 Å². The molecule has 5 rings (SSSR count). The summed E-state index contributed by atoms with van der Waals surface area (Å²) < 4.78 is 24.9. The van der Waals surface area contributed by atoms with E-state index >= 15 is 0 Å². The highest BCUT2D eigenvalue weighted by Crippen LogP contribution is 2.36. The van der Waals surface area contributed by atoms with Crippen LogP contribution in [0, 0.1) is 11.3 Å². The summed E-state index contributed by atoms with van der Waals surface area (Å²) in [6.07, 6.45) is 1.63. The molecular weight excluding hydrogens is 626 g/mol. The Labute approximate surface area is 275 Å². The Morgan fingerprint density at radius 1 is 1.11 bits per heavy atom. The molecule has 1 aromatic heterocycles. The molecule has 1 aliphatic rings. The van der Waals surface area contributed by atoms with Crippen molar-refractivity contribution in [2.75, 3.05) is 13.7 Å². The van der Waals surface area contributed by atoms with Gasteiger partial charge in [-0.25, -0.2) is 9.79 Å². The van der Waals surface area contributed by atoms with Gasteiger partial charge >= 0.3 is 5.97 Å². The number of thiazole rings is 1. The molecule has 3 aromatic carbocycles. The average Bonchev–Trinajstić information content (AvgIpc) is 3.34. The van der Waals surface area contributed by atoms with Gasteiger partial charge in [-0.3, -0.25) is 9.36 Å². The van der Waals surface area contributed by atoms with Crippen LogP contribution in [0.4, 0.5) is 0 Å². The molecule has 0 saturated carbocycles. The van der Waals surface area contributed by atoms with Crippen molar-refractivity contribution >= 4 is 35.0 Å². The highest BCUT2D eigenvalue weighted by atomic mass is 35.5. The molecule has 0 radical (unpaired) electrons. The maximum absolute atomic E-state index is 14.2. The normalized spacial score (nSPS) is 14.4. The fraction of sp³-hybridized carbons (Fsp3) is 0.257. The molecule has 0 unspecified atom stereocenters. The van der Waals surface area contributed by atoms with E-state index in [0.29, 0.717) is 54.0 Å². The molecule has 0 fully saturated rings. The number of allylic oxidation sites excluding steroid dienone is 1. The topological polar surface area (TPSA) is 112 Å². The van der Waals surface area contributed by atoms with Gasteiger partial charge in [-0.1, -0.05) is 41.1 Å². The van der Waals surface area contributed by atoms with Crippen LogP contribution in [0.15, 0.2) is 81.7 Å². The van der Waals surface area contributed by atoms with E-state index < -0.39 is 12.0 Å². The number of nitrogens with zero attached hydrogens (tertiary/aromatic N) is 3. The van der Waals surface area contributed by atoms with Gasteiger partial charge in [-0.15, -0.1) is 0 Å². The smallest absolute Gasteiger partial charge is 0.338 e. The third kappa shape index (κ3) is 6.86. The SMILES string of the molecule is CCOC(=O)C1=C(C)N=c2s/c(=C/c3cc(Cl)ccc3OCc3ccc(C#N)cc3)c(=O)n2[C@H]1c1ccc(OC(C)C)c(OC)c1. The molecule has 0 bridgehead atoms. The fourth-order valence-corrected chi connectivity index (χ4v) is 6.27. The molecule has 0 aliphatic carbocycles. The van der Waals surface area contributed by atoms with Crippen molar-refractivity contribution in [2.24, 2.45) is 4.99 Å². The lowest BCUT2D eigenvalue weighted by Crippen LogP contribution is -2.40. The zero-order valence-corrected chi connectivity index (χ0v) is 27.6. The van der Waals surface area contributed by atoms with Crippen molar-refractivity contribution in [2.45, 2.75) is 46.4 Å². The number of nitriles is 1. The van der Waals surface area contributed by atoms with Gasteiger partial charge in [0.1, 0.15) is 12.4 Å². The molecule has 0 N–H and O–H groups in total. The zero-order valence-electron chi connectivity index (χ0n) is 26.0. The van der Waals surface area contributed by atoms with Crippen LogP contribution in [-0.2, 0) is 16.1 Å². The number of rotatable bonds is 10. The van der Waals surface area contributed by atoms with Crippen LogP contribution in [0.3, 0.4) is 0 Å². The predicted octanol–water partition coefficient (Wildman–Crippen LogP) is 5.70. The summed E-state index contributed by atoms with van der Waals surface area (Å²) in [5.41, 5.74) is 3.03. The molecule has 1 atom stereocenters.